The summed E-state index contributed by atoms with van der Waals surface area (Å²) in [4.78, 5) is 2.79. The maximum Gasteiger partial charge on any atom is 0.0223 e. The molecule has 2 saturated heterocycles. The largest absolute Gasteiger partial charge is 0.312 e. The summed E-state index contributed by atoms with van der Waals surface area (Å²) in [5.74, 6) is 4.77. The Hall–Kier alpha value is 0.270. The molecule has 2 unspecified atom stereocenters. The third-order valence-corrected chi connectivity index (χ3v) is 6.50. The maximum atomic E-state index is 3.86. The molecule has 3 fully saturated rings. The van der Waals surface area contributed by atoms with Gasteiger partial charge in [-0.2, -0.15) is 11.8 Å². The van der Waals surface area contributed by atoms with Gasteiger partial charge in [0.1, 0.15) is 0 Å². The zero-order valence-electron chi connectivity index (χ0n) is 12.3. The molecule has 0 bridgehead atoms. The van der Waals surface area contributed by atoms with Crippen LogP contribution in [-0.4, -0.2) is 48.6 Å². The van der Waals surface area contributed by atoms with Gasteiger partial charge < -0.3 is 10.2 Å². The second-order valence-corrected chi connectivity index (χ2v) is 7.95. The smallest absolute Gasteiger partial charge is 0.0223 e. The molecule has 0 aromatic carbocycles. The van der Waals surface area contributed by atoms with Crippen LogP contribution in [0.25, 0.3) is 0 Å². The van der Waals surface area contributed by atoms with E-state index in [4.69, 9.17) is 0 Å². The summed E-state index contributed by atoms with van der Waals surface area (Å²) in [5, 5.41) is 3.86. The third kappa shape index (κ3) is 4.12. The standard InChI is InChI=1S/C16H30N2S/c1-2-5-15(6-3-1)16-12-18(9-4-8-17-16)11-14-7-10-19-13-14/h14-17H,1-13H2. The molecule has 1 aliphatic carbocycles. The average Bonchev–Trinajstić information content (AvgIpc) is 2.84. The molecule has 1 saturated carbocycles. The third-order valence-electron chi connectivity index (χ3n) is 5.27. The molecule has 0 radical (unpaired) electrons. The minimum atomic E-state index is 0.789. The SMILES string of the molecule is C1CCC(C2CN(CC3CCSC3)CCCN2)CC1. The minimum absolute atomic E-state index is 0.789. The summed E-state index contributed by atoms with van der Waals surface area (Å²) in [6, 6.07) is 0.789. The van der Waals surface area contributed by atoms with E-state index in [0.717, 1.165) is 17.9 Å². The van der Waals surface area contributed by atoms with Crippen LogP contribution in [0.5, 0.6) is 0 Å². The lowest BCUT2D eigenvalue weighted by Gasteiger charge is -2.33. The molecular weight excluding hydrogens is 252 g/mol. The highest BCUT2D eigenvalue weighted by atomic mass is 32.2. The second-order valence-electron chi connectivity index (χ2n) is 6.80. The van der Waals surface area contributed by atoms with Crippen molar-refractivity contribution >= 4 is 11.8 Å². The van der Waals surface area contributed by atoms with Gasteiger partial charge in [0.2, 0.25) is 0 Å². The van der Waals surface area contributed by atoms with Crippen molar-refractivity contribution in [1.29, 1.82) is 0 Å². The summed E-state index contributed by atoms with van der Waals surface area (Å²) in [7, 11) is 0. The minimum Gasteiger partial charge on any atom is -0.312 e. The van der Waals surface area contributed by atoms with Gasteiger partial charge in [-0.15, -0.1) is 0 Å². The van der Waals surface area contributed by atoms with Crippen molar-refractivity contribution in [3.8, 4) is 0 Å². The van der Waals surface area contributed by atoms with E-state index in [1.54, 1.807) is 0 Å². The Morgan fingerprint density at radius 1 is 1.05 bits per heavy atom. The molecule has 3 rings (SSSR count). The first-order valence-corrected chi connectivity index (χ1v) is 9.61. The Morgan fingerprint density at radius 2 is 1.95 bits per heavy atom. The highest BCUT2D eigenvalue weighted by Crippen LogP contribution is 2.29. The molecule has 0 spiro atoms. The van der Waals surface area contributed by atoms with Crippen LogP contribution in [0.2, 0.25) is 0 Å². The van der Waals surface area contributed by atoms with Gasteiger partial charge in [0, 0.05) is 19.1 Å². The Morgan fingerprint density at radius 3 is 2.74 bits per heavy atom. The number of hydrogen-bond acceptors (Lipinski definition) is 3. The van der Waals surface area contributed by atoms with Gasteiger partial charge in [0.05, 0.1) is 0 Å². The summed E-state index contributed by atoms with van der Waals surface area (Å²) < 4.78 is 0. The zero-order chi connectivity index (χ0) is 12.9. The fourth-order valence-corrected chi connectivity index (χ4v) is 5.41. The van der Waals surface area contributed by atoms with Gasteiger partial charge in [-0.25, -0.2) is 0 Å². The quantitative estimate of drug-likeness (QED) is 0.857. The number of thioether (sulfide) groups is 1. The second kappa shape index (κ2) is 7.33. The van der Waals surface area contributed by atoms with Crippen molar-refractivity contribution < 1.29 is 0 Å². The average molecular weight is 282 g/mol. The molecule has 110 valence electrons. The van der Waals surface area contributed by atoms with Crippen LogP contribution in [0.15, 0.2) is 0 Å². The zero-order valence-corrected chi connectivity index (χ0v) is 13.1. The van der Waals surface area contributed by atoms with Crippen LogP contribution in [0.4, 0.5) is 0 Å². The molecule has 2 atom stereocenters. The van der Waals surface area contributed by atoms with Crippen LogP contribution in [-0.2, 0) is 0 Å². The van der Waals surface area contributed by atoms with Crippen LogP contribution in [0, 0.1) is 11.8 Å². The molecular formula is C16H30N2S. The van der Waals surface area contributed by atoms with Crippen LogP contribution in [0.1, 0.15) is 44.9 Å². The Labute approximate surface area is 123 Å². The predicted octanol–water partition coefficient (Wildman–Crippen LogP) is 2.98. The Kier molecular flexibility index (Phi) is 5.48. The van der Waals surface area contributed by atoms with Gasteiger partial charge in [-0.1, -0.05) is 19.3 Å². The van der Waals surface area contributed by atoms with E-state index in [9.17, 15) is 0 Å². The molecule has 0 aromatic rings. The van der Waals surface area contributed by atoms with E-state index in [1.807, 2.05) is 0 Å². The number of hydrogen-bond donors (Lipinski definition) is 1. The summed E-state index contributed by atoms with van der Waals surface area (Å²) in [6.45, 7) is 5.28. The fourth-order valence-electron chi connectivity index (χ4n) is 4.13. The molecule has 1 N–H and O–H groups in total. The monoisotopic (exact) mass is 282 g/mol. The first kappa shape index (κ1) is 14.2. The van der Waals surface area contributed by atoms with Gasteiger partial charge in [-0.3, -0.25) is 0 Å². The van der Waals surface area contributed by atoms with E-state index in [0.29, 0.717) is 0 Å². The van der Waals surface area contributed by atoms with Crippen molar-refractivity contribution in [2.24, 2.45) is 11.8 Å². The lowest BCUT2D eigenvalue weighted by Crippen LogP contribution is -2.44. The lowest BCUT2D eigenvalue weighted by atomic mass is 9.83. The predicted molar refractivity (Wildman–Crippen MR) is 84.9 cm³/mol. The highest BCUT2D eigenvalue weighted by molar-refractivity contribution is 7.99. The molecule has 3 aliphatic rings. The number of nitrogens with one attached hydrogen (secondary N) is 1. The van der Waals surface area contributed by atoms with Gasteiger partial charge in [-0.05, 0) is 62.1 Å². The maximum absolute atomic E-state index is 3.86. The van der Waals surface area contributed by atoms with Crippen LogP contribution in [0.3, 0.4) is 0 Å². The molecule has 0 amide bonds. The molecule has 2 nitrogen and oxygen atoms in total. The summed E-state index contributed by atoms with van der Waals surface area (Å²) in [5.41, 5.74) is 0. The van der Waals surface area contributed by atoms with Gasteiger partial charge in [0.25, 0.3) is 0 Å². The van der Waals surface area contributed by atoms with E-state index in [2.05, 4.69) is 22.0 Å². The first-order chi connectivity index (χ1) is 9.42. The molecule has 2 aliphatic heterocycles. The van der Waals surface area contributed by atoms with Gasteiger partial charge in [0.15, 0.2) is 0 Å². The fraction of sp³-hybridized carbons (Fsp3) is 1.00. The van der Waals surface area contributed by atoms with Crippen LogP contribution < -0.4 is 5.32 Å². The van der Waals surface area contributed by atoms with Crippen molar-refractivity contribution in [3.63, 3.8) is 0 Å². The van der Waals surface area contributed by atoms with Crippen molar-refractivity contribution in [2.45, 2.75) is 51.0 Å². The highest BCUT2D eigenvalue weighted by Gasteiger charge is 2.28. The molecule has 3 heteroatoms. The van der Waals surface area contributed by atoms with Crippen molar-refractivity contribution in [2.75, 3.05) is 37.7 Å². The van der Waals surface area contributed by atoms with E-state index >= 15 is 0 Å². The van der Waals surface area contributed by atoms with E-state index < -0.39 is 0 Å². The topological polar surface area (TPSA) is 15.3 Å². The Bertz CT molecular complexity index is 259. The molecule has 2 heterocycles. The van der Waals surface area contributed by atoms with Crippen molar-refractivity contribution in [1.82, 2.24) is 10.2 Å². The Balaban J connectivity index is 1.52. The molecule has 0 aromatic heterocycles. The lowest BCUT2D eigenvalue weighted by molar-refractivity contribution is 0.190. The summed E-state index contributed by atoms with van der Waals surface area (Å²) in [6.07, 6.45) is 10.2. The normalized spacial score (nSPS) is 35.4. The van der Waals surface area contributed by atoms with Crippen molar-refractivity contribution in [3.05, 3.63) is 0 Å². The van der Waals surface area contributed by atoms with E-state index in [-0.39, 0.29) is 0 Å². The van der Waals surface area contributed by atoms with E-state index in [1.165, 1.54) is 82.6 Å². The van der Waals surface area contributed by atoms with Gasteiger partial charge >= 0.3 is 0 Å². The number of rotatable bonds is 3. The first-order valence-electron chi connectivity index (χ1n) is 8.45. The summed E-state index contributed by atoms with van der Waals surface area (Å²) >= 11 is 2.16. The number of nitrogens with zero attached hydrogens (tertiary/aromatic N) is 1. The van der Waals surface area contributed by atoms with Crippen LogP contribution >= 0.6 is 11.8 Å². The molecule has 19 heavy (non-hydrogen) atoms.